The number of hydrogen-bond donors (Lipinski definition) is 0. The summed E-state index contributed by atoms with van der Waals surface area (Å²) in [5.74, 6) is 3.22. The Labute approximate surface area is 366 Å². The van der Waals surface area contributed by atoms with E-state index in [2.05, 4.69) is 207 Å². The molecule has 0 aromatic heterocycles. The third-order valence-corrected chi connectivity index (χ3v) is 16.3. The molecule has 0 heterocycles. The van der Waals surface area contributed by atoms with Crippen LogP contribution in [-0.4, -0.2) is 0 Å². The van der Waals surface area contributed by atoms with Gasteiger partial charge < -0.3 is 4.90 Å². The summed E-state index contributed by atoms with van der Waals surface area (Å²) < 4.78 is 0. The summed E-state index contributed by atoms with van der Waals surface area (Å²) in [5, 5.41) is 0. The molecule has 1 spiro atoms. The van der Waals surface area contributed by atoms with Crippen LogP contribution in [0, 0.1) is 23.7 Å². The van der Waals surface area contributed by atoms with E-state index < -0.39 is 0 Å². The summed E-state index contributed by atoms with van der Waals surface area (Å²) in [7, 11) is 0. The minimum Gasteiger partial charge on any atom is -0.310 e. The summed E-state index contributed by atoms with van der Waals surface area (Å²) in [5.41, 5.74) is 22.6. The van der Waals surface area contributed by atoms with Gasteiger partial charge in [-0.25, -0.2) is 0 Å². The minimum atomic E-state index is -0.0669. The van der Waals surface area contributed by atoms with E-state index in [9.17, 15) is 0 Å². The first kappa shape index (κ1) is 36.2. The monoisotopic (exact) mass is 797 g/mol. The highest BCUT2D eigenvalue weighted by Crippen LogP contribution is 2.70. The maximum absolute atomic E-state index is 2.59. The van der Waals surface area contributed by atoms with Crippen molar-refractivity contribution in [1.29, 1.82) is 0 Å². The van der Waals surface area contributed by atoms with Crippen molar-refractivity contribution in [3.8, 4) is 55.6 Å². The summed E-state index contributed by atoms with van der Waals surface area (Å²) in [4.78, 5) is 2.58. The van der Waals surface area contributed by atoms with Gasteiger partial charge in [-0.15, -0.1) is 0 Å². The zero-order valence-electron chi connectivity index (χ0n) is 35.7. The normalized spacial score (nSPS) is 22.9. The Morgan fingerprint density at radius 3 is 1.42 bits per heavy atom. The molecule has 1 nitrogen and oxygen atoms in total. The Balaban J connectivity index is 1.06. The maximum atomic E-state index is 2.59. The van der Waals surface area contributed by atoms with E-state index in [1.165, 1.54) is 116 Å². The lowest BCUT2D eigenvalue weighted by Gasteiger charge is -2.61. The summed E-state index contributed by atoms with van der Waals surface area (Å²) >= 11 is 0. The smallest absolute Gasteiger partial charge is 0.0540 e. The molecule has 0 saturated heterocycles. The Morgan fingerprint density at radius 2 is 0.806 bits per heavy atom. The summed E-state index contributed by atoms with van der Waals surface area (Å²) in [6, 6.07) is 71.5. The van der Waals surface area contributed by atoms with Gasteiger partial charge in [0.1, 0.15) is 0 Å². The van der Waals surface area contributed by atoms with Gasteiger partial charge in [-0.2, -0.15) is 0 Å². The highest BCUT2D eigenvalue weighted by Gasteiger charge is 2.61. The second kappa shape index (κ2) is 13.5. The minimum absolute atomic E-state index is 0.0669. The van der Waals surface area contributed by atoms with Gasteiger partial charge in [0.15, 0.2) is 0 Å². The first-order valence-electron chi connectivity index (χ1n) is 23.1. The van der Waals surface area contributed by atoms with Gasteiger partial charge in [0.05, 0.1) is 5.69 Å². The molecule has 1 heteroatoms. The van der Waals surface area contributed by atoms with Crippen LogP contribution in [0.4, 0.5) is 17.1 Å². The van der Waals surface area contributed by atoms with E-state index in [-0.39, 0.29) is 10.8 Å². The Bertz CT molecular complexity index is 3020. The zero-order chi connectivity index (χ0) is 41.2. The lowest BCUT2D eigenvalue weighted by Crippen LogP contribution is -2.55. The van der Waals surface area contributed by atoms with Crippen LogP contribution in [0.2, 0.25) is 0 Å². The van der Waals surface area contributed by atoms with E-state index in [0.29, 0.717) is 11.8 Å². The molecule has 4 fully saturated rings. The molecule has 300 valence electrons. The van der Waals surface area contributed by atoms with E-state index >= 15 is 0 Å². The van der Waals surface area contributed by atoms with E-state index in [1.807, 2.05) is 0 Å². The second-order valence-corrected chi connectivity index (χ2v) is 19.7. The first-order chi connectivity index (χ1) is 30.4. The fraction of sp³-hybridized carbons (Fsp3) is 0.213. The van der Waals surface area contributed by atoms with Crippen LogP contribution in [-0.2, 0) is 10.8 Å². The molecule has 8 aromatic carbocycles. The molecular formula is C61H51N. The van der Waals surface area contributed by atoms with Gasteiger partial charge in [-0.05, 0) is 171 Å². The average molecular weight is 798 g/mol. The highest BCUT2D eigenvalue weighted by atomic mass is 15.1. The van der Waals surface area contributed by atoms with Crippen molar-refractivity contribution < 1.29 is 0 Å². The fourth-order valence-electron chi connectivity index (χ4n) is 13.8. The highest BCUT2D eigenvalue weighted by molar-refractivity contribution is 5.95. The third-order valence-electron chi connectivity index (χ3n) is 16.3. The van der Waals surface area contributed by atoms with E-state index in [1.54, 1.807) is 11.1 Å². The van der Waals surface area contributed by atoms with Gasteiger partial charge in [0, 0.05) is 27.8 Å². The predicted molar refractivity (Wildman–Crippen MR) is 258 cm³/mol. The summed E-state index contributed by atoms with van der Waals surface area (Å²) in [6.45, 7) is 4.76. The number of rotatable bonds is 6. The molecule has 0 aliphatic heterocycles. The maximum Gasteiger partial charge on any atom is 0.0540 e. The first-order valence-corrected chi connectivity index (χ1v) is 23.1. The second-order valence-electron chi connectivity index (χ2n) is 19.7. The topological polar surface area (TPSA) is 3.24 Å². The molecule has 8 aromatic rings. The molecule has 4 bridgehead atoms. The quantitative estimate of drug-likeness (QED) is 0.162. The lowest BCUT2D eigenvalue weighted by atomic mass is 9.43. The molecule has 0 atom stereocenters. The molecule has 0 N–H and O–H groups in total. The Morgan fingerprint density at radius 1 is 0.355 bits per heavy atom. The number of nitrogens with zero attached hydrogens (tertiary/aromatic N) is 1. The molecule has 14 rings (SSSR count). The van der Waals surface area contributed by atoms with Crippen molar-refractivity contribution in [2.45, 2.75) is 56.8 Å². The van der Waals surface area contributed by atoms with Crippen molar-refractivity contribution in [1.82, 2.24) is 0 Å². The average Bonchev–Trinajstić information content (AvgIpc) is 3.73. The van der Waals surface area contributed by atoms with Crippen LogP contribution >= 0.6 is 0 Å². The molecule has 6 aliphatic rings. The van der Waals surface area contributed by atoms with Crippen molar-refractivity contribution in [3.05, 3.63) is 210 Å². The van der Waals surface area contributed by atoms with Crippen LogP contribution in [0.3, 0.4) is 0 Å². The van der Waals surface area contributed by atoms with Crippen molar-refractivity contribution >= 4 is 17.1 Å². The standard InChI is InChI=1S/C61H51N/c1-60(2)55-21-13-12-20-50(55)53-37-48(24-27-56(53)60)62(59-29-23-45(42-16-8-4-9-17-42)35-51(59)43-18-10-5-11-19-43)49-25-28-58-54(38-49)52-36-44(41-14-6-3-7-15-41)22-26-57(52)61(58)46-31-39-30-40(33-46)34-47(61)32-39/h3-29,35-40,46-47H,30-34H2,1-2H3. The zero-order valence-corrected chi connectivity index (χ0v) is 35.7. The number of benzene rings is 8. The van der Waals surface area contributed by atoms with Gasteiger partial charge in [0.2, 0.25) is 0 Å². The van der Waals surface area contributed by atoms with Crippen LogP contribution in [0.25, 0.3) is 55.6 Å². The van der Waals surface area contributed by atoms with Crippen molar-refractivity contribution in [3.63, 3.8) is 0 Å². The Kier molecular flexibility index (Phi) is 7.91. The van der Waals surface area contributed by atoms with Gasteiger partial charge in [-0.3, -0.25) is 0 Å². The third kappa shape index (κ3) is 5.21. The van der Waals surface area contributed by atoms with Crippen molar-refractivity contribution in [2.75, 3.05) is 4.90 Å². The van der Waals surface area contributed by atoms with Gasteiger partial charge in [-0.1, -0.05) is 159 Å². The van der Waals surface area contributed by atoms with Gasteiger partial charge in [0.25, 0.3) is 0 Å². The van der Waals surface area contributed by atoms with Gasteiger partial charge >= 0.3 is 0 Å². The van der Waals surface area contributed by atoms with Crippen LogP contribution in [0.15, 0.2) is 188 Å². The van der Waals surface area contributed by atoms with Crippen LogP contribution < -0.4 is 4.90 Å². The molecular weight excluding hydrogens is 747 g/mol. The van der Waals surface area contributed by atoms with Crippen LogP contribution in [0.5, 0.6) is 0 Å². The molecule has 0 amide bonds. The number of anilines is 3. The lowest BCUT2D eigenvalue weighted by molar-refractivity contribution is -0.0399. The molecule has 6 aliphatic carbocycles. The van der Waals surface area contributed by atoms with E-state index in [4.69, 9.17) is 0 Å². The van der Waals surface area contributed by atoms with Crippen molar-refractivity contribution in [2.24, 2.45) is 23.7 Å². The molecule has 0 radical (unpaired) electrons. The summed E-state index contributed by atoms with van der Waals surface area (Å²) in [6.07, 6.45) is 6.96. The predicted octanol–water partition coefficient (Wildman–Crippen LogP) is 16.2. The largest absolute Gasteiger partial charge is 0.310 e. The molecule has 62 heavy (non-hydrogen) atoms. The number of fused-ring (bicyclic) bond motifs is 6. The van der Waals surface area contributed by atoms with Crippen LogP contribution in [0.1, 0.15) is 68.2 Å². The molecule has 0 unspecified atom stereocenters. The molecule has 4 saturated carbocycles. The SMILES string of the molecule is CC1(C)c2ccccc2-c2cc(N(c3ccc4c(c3)-c3cc(-c5ccccc5)ccc3C43C4CC5CC(C4)CC3C5)c3ccc(-c4ccccc4)cc3-c3ccccc3)ccc21. The number of hydrogen-bond acceptors (Lipinski definition) is 1. The Hall–Kier alpha value is -6.44. The van der Waals surface area contributed by atoms with E-state index in [0.717, 1.165) is 11.8 Å². The fourth-order valence-corrected chi connectivity index (χ4v) is 13.8.